The van der Waals surface area contributed by atoms with E-state index in [2.05, 4.69) is 4.72 Å². The number of hydrogen-bond donors (Lipinski definition) is 2. The third kappa shape index (κ3) is 3.51. The van der Waals surface area contributed by atoms with E-state index in [1.165, 1.54) is 43.5 Å². The molecule has 2 N–H and O–H groups in total. The average Bonchev–Trinajstić information content (AvgIpc) is 2.47. The zero-order valence-electron chi connectivity index (χ0n) is 11.1. The van der Waals surface area contributed by atoms with Crippen molar-refractivity contribution in [3.8, 4) is 5.75 Å². The van der Waals surface area contributed by atoms with Gasteiger partial charge in [0.1, 0.15) is 5.75 Å². The number of rotatable bonds is 5. The van der Waals surface area contributed by atoms with Crippen molar-refractivity contribution in [1.29, 1.82) is 0 Å². The number of sulfonamides is 1. The normalized spacial score (nSPS) is 10.9. The molecule has 2 aromatic rings. The maximum atomic E-state index is 12.2. The van der Waals surface area contributed by atoms with Gasteiger partial charge in [0.2, 0.25) is 0 Å². The van der Waals surface area contributed by atoms with Crippen LogP contribution in [-0.2, 0) is 10.0 Å². The average molecular weight is 307 g/mol. The van der Waals surface area contributed by atoms with Crippen molar-refractivity contribution in [2.75, 3.05) is 11.8 Å². The van der Waals surface area contributed by atoms with Crippen LogP contribution in [0, 0.1) is 0 Å². The Bertz CT molecular complexity index is 736. The molecule has 0 fully saturated rings. The van der Waals surface area contributed by atoms with Crippen LogP contribution >= 0.6 is 0 Å². The van der Waals surface area contributed by atoms with E-state index >= 15 is 0 Å². The number of nitrogens with one attached hydrogen (secondary N) is 1. The molecule has 0 bridgehead atoms. The van der Waals surface area contributed by atoms with Crippen LogP contribution in [-0.4, -0.2) is 26.6 Å². The highest BCUT2D eigenvalue weighted by Gasteiger charge is 2.14. The van der Waals surface area contributed by atoms with E-state index < -0.39 is 16.0 Å². The molecule has 0 aromatic heterocycles. The summed E-state index contributed by atoms with van der Waals surface area (Å²) in [5, 5.41) is 8.79. The number of carboxylic acid groups (broad SMARTS) is 1. The lowest BCUT2D eigenvalue weighted by Gasteiger charge is -2.09. The third-order valence-electron chi connectivity index (χ3n) is 2.75. The predicted octanol–water partition coefficient (Wildman–Crippen LogP) is 2.19. The molecule has 0 saturated carbocycles. The molecule has 0 aliphatic carbocycles. The molecule has 0 spiro atoms. The zero-order valence-corrected chi connectivity index (χ0v) is 11.9. The minimum Gasteiger partial charge on any atom is -0.497 e. The Morgan fingerprint density at radius 2 is 1.62 bits per heavy atom. The van der Waals surface area contributed by atoms with Crippen molar-refractivity contribution in [3.63, 3.8) is 0 Å². The zero-order chi connectivity index (χ0) is 15.5. The summed E-state index contributed by atoms with van der Waals surface area (Å²) in [4.78, 5) is 10.8. The molecule has 21 heavy (non-hydrogen) atoms. The quantitative estimate of drug-likeness (QED) is 0.883. The molecule has 0 atom stereocenters. The Morgan fingerprint density at radius 3 is 2.10 bits per heavy atom. The summed E-state index contributed by atoms with van der Waals surface area (Å²) >= 11 is 0. The van der Waals surface area contributed by atoms with Crippen LogP contribution in [0.5, 0.6) is 5.75 Å². The second kappa shape index (κ2) is 5.84. The van der Waals surface area contributed by atoms with E-state index in [-0.39, 0.29) is 16.1 Å². The summed E-state index contributed by atoms with van der Waals surface area (Å²) in [6, 6.07) is 11.4. The summed E-state index contributed by atoms with van der Waals surface area (Å²) in [5.74, 6) is -0.515. The van der Waals surface area contributed by atoms with E-state index in [1.54, 1.807) is 12.1 Å². The number of aromatic carboxylic acids is 1. The SMILES string of the molecule is COc1ccc(S(=O)(=O)Nc2ccc(C(=O)O)cc2)cc1. The van der Waals surface area contributed by atoms with Gasteiger partial charge in [0.25, 0.3) is 10.0 Å². The fourth-order valence-electron chi connectivity index (χ4n) is 1.65. The molecule has 2 aromatic carbocycles. The van der Waals surface area contributed by atoms with Crippen LogP contribution in [0.3, 0.4) is 0 Å². The lowest BCUT2D eigenvalue weighted by atomic mass is 10.2. The molecule has 0 amide bonds. The maximum absolute atomic E-state index is 12.2. The van der Waals surface area contributed by atoms with E-state index in [9.17, 15) is 13.2 Å². The highest BCUT2D eigenvalue weighted by molar-refractivity contribution is 7.92. The molecule has 7 heteroatoms. The number of carbonyl (C=O) groups is 1. The van der Waals surface area contributed by atoms with E-state index in [4.69, 9.17) is 9.84 Å². The van der Waals surface area contributed by atoms with Crippen molar-refractivity contribution in [2.24, 2.45) is 0 Å². The second-order valence-electron chi connectivity index (χ2n) is 4.16. The standard InChI is InChI=1S/C14H13NO5S/c1-20-12-6-8-13(9-7-12)21(18,19)15-11-4-2-10(3-5-11)14(16)17/h2-9,15H,1H3,(H,16,17). The molecule has 0 unspecified atom stereocenters. The first-order valence-corrected chi connectivity index (χ1v) is 7.41. The van der Waals surface area contributed by atoms with Crippen LogP contribution in [0.25, 0.3) is 0 Å². The molecule has 0 aliphatic heterocycles. The lowest BCUT2D eigenvalue weighted by molar-refractivity contribution is 0.0697. The summed E-state index contributed by atoms with van der Waals surface area (Å²) in [6.45, 7) is 0. The number of methoxy groups -OCH3 is 1. The fraction of sp³-hybridized carbons (Fsp3) is 0.0714. The first kappa shape index (κ1) is 14.9. The smallest absolute Gasteiger partial charge is 0.335 e. The maximum Gasteiger partial charge on any atom is 0.335 e. The molecule has 110 valence electrons. The van der Waals surface area contributed by atoms with Crippen LogP contribution < -0.4 is 9.46 Å². The minimum atomic E-state index is -3.72. The monoisotopic (exact) mass is 307 g/mol. The molecular weight excluding hydrogens is 294 g/mol. The number of benzene rings is 2. The minimum absolute atomic E-state index is 0.0856. The second-order valence-corrected chi connectivity index (χ2v) is 5.85. The Kier molecular flexibility index (Phi) is 4.13. The third-order valence-corrected chi connectivity index (χ3v) is 4.15. The van der Waals surface area contributed by atoms with Crippen molar-refractivity contribution in [3.05, 3.63) is 54.1 Å². The van der Waals surface area contributed by atoms with Crippen molar-refractivity contribution in [1.82, 2.24) is 0 Å². The number of ether oxygens (including phenoxy) is 1. The largest absolute Gasteiger partial charge is 0.497 e. The van der Waals surface area contributed by atoms with Gasteiger partial charge >= 0.3 is 5.97 Å². The lowest BCUT2D eigenvalue weighted by Crippen LogP contribution is -2.13. The van der Waals surface area contributed by atoms with Gasteiger partial charge in [0, 0.05) is 5.69 Å². The molecule has 6 nitrogen and oxygen atoms in total. The summed E-state index contributed by atoms with van der Waals surface area (Å²) in [7, 11) is -2.23. The van der Waals surface area contributed by atoms with Gasteiger partial charge in [-0.15, -0.1) is 0 Å². The van der Waals surface area contributed by atoms with Gasteiger partial charge < -0.3 is 9.84 Å². The number of carboxylic acids is 1. The Morgan fingerprint density at radius 1 is 1.05 bits per heavy atom. The molecule has 0 heterocycles. The van der Waals surface area contributed by atoms with Gasteiger partial charge in [0.05, 0.1) is 17.6 Å². The summed E-state index contributed by atoms with van der Waals surface area (Å²) in [6.07, 6.45) is 0. The Balaban J connectivity index is 2.21. The highest BCUT2D eigenvalue weighted by atomic mass is 32.2. The summed E-state index contributed by atoms with van der Waals surface area (Å²) in [5.41, 5.74) is 0.373. The number of anilines is 1. The first-order chi connectivity index (χ1) is 9.92. The van der Waals surface area contributed by atoms with Gasteiger partial charge in [-0.2, -0.15) is 0 Å². The van der Waals surface area contributed by atoms with Gasteiger partial charge in [0.15, 0.2) is 0 Å². The molecule has 0 saturated heterocycles. The van der Waals surface area contributed by atoms with Gasteiger partial charge in [-0.3, -0.25) is 4.72 Å². The van der Waals surface area contributed by atoms with Crippen LogP contribution in [0.15, 0.2) is 53.4 Å². The highest BCUT2D eigenvalue weighted by Crippen LogP contribution is 2.19. The van der Waals surface area contributed by atoms with Crippen LogP contribution in [0.2, 0.25) is 0 Å². The van der Waals surface area contributed by atoms with Crippen LogP contribution in [0.4, 0.5) is 5.69 Å². The van der Waals surface area contributed by atoms with E-state index in [0.29, 0.717) is 5.75 Å². The Hall–Kier alpha value is -2.54. The van der Waals surface area contributed by atoms with Gasteiger partial charge in [-0.1, -0.05) is 0 Å². The van der Waals surface area contributed by atoms with E-state index in [1.807, 2.05) is 0 Å². The number of hydrogen-bond acceptors (Lipinski definition) is 4. The van der Waals surface area contributed by atoms with Crippen molar-refractivity contribution in [2.45, 2.75) is 4.90 Å². The first-order valence-electron chi connectivity index (χ1n) is 5.92. The van der Waals surface area contributed by atoms with Crippen LogP contribution in [0.1, 0.15) is 10.4 Å². The Labute approximate surface area is 122 Å². The predicted molar refractivity (Wildman–Crippen MR) is 77.2 cm³/mol. The molecule has 2 rings (SSSR count). The topological polar surface area (TPSA) is 92.7 Å². The van der Waals surface area contributed by atoms with E-state index in [0.717, 1.165) is 0 Å². The molecule has 0 radical (unpaired) electrons. The van der Waals surface area contributed by atoms with Gasteiger partial charge in [-0.25, -0.2) is 13.2 Å². The van der Waals surface area contributed by atoms with Crippen molar-refractivity contribution < 1.29 is 23.1 Å². The molecule has 0 aliphatic rings. The van der Waals surface area contributed by atoms with Gasteiger partial charge in [-0.05, 0) is 48.5 Å². The molecular formula is C14H13NO5S. The van der Waals surface area contributed by atoms with Crippen molar-refractivity contribution >= 4 is 21.7 Å². The fourth-order valence-corrected chi connectivity index (χ4v) is 2.71. The summed E-state index contributed by atoms with van der Waals surface area (Å²) < 4.78 is 31.6.